The zero-order valence-corrected chi connectivity index (χ0v) is 7.65. The third-order valence-corrected chi connectivity index (χ3v) is 1.85. The van der Waals surface area contributed by atoms with Gasteiger partial charge in [-0.05, 0) is 18.1 Å². The summed E-state index contributed by atoms with van der Waals surface area (Å²) in [5, 5.41) is 8.75. The summed E-state index contributed by atoms with van der Waals surface area (Å²) in [4.78, 5) is 11.6. The SMILES string of the molecule is CC(C)C(C#N)C(=O)c1ccco1. The molecule has 0 aliphatic heterocycles. The minimum absolute atomic E-state index is 0.0163. The van der Waals surface area contributed by atoms with E-state index >= 15 is 0 Å². The summed E-state index contributed by atoms with van der Waals surface area (Å²) in [5.74, 6) is -0.559. The number of furan rings is 1. The van der Waals surface area contributed by atoms with E-state index in [-0.39, 0.29) is 17.5 Å². The molecule has 1 unspecified atom stereocenters. The lowest BCUT2D eigenvalue weighted by atomic mass is 9.92. The Hall–Kier alpha value is -1.56. The van der Waals surface area contributed by atoms with Crippen LogP contribution >= 0.6 is 0 Å². The summed E-state index contributed by atoms with van der Waals surface area (Å²) >= 11 is 0. The molecule has 1 atom stereocenters. The molecular weight excluding hydrogens is 166 g/mol. The molecule has 0 amide bonds. The van der Waals surface area contributed by atoms with Crippen LogP contribution in [0.25, 0.3) is 0 Å². The zero-order chi connectivity index (χ0) is 9.84. The van der Waals surface area contributed by atoms with E-state index in [9.17, 15) is 4.79 Å². The molecule has 68 valence electrons. The van der Waals surface area contributed by atoms with E-state index in [1.807, 2.05) is 19.9 Å². The summed E-state index contributed by atoms with van der Waals surface area (Å²) in [6, 6.07) is 5.20. The predicted octanol–water partition coefficient (Wildman–Crippen LogP) is 2.26. The molecule has 0 radical (unpaired) electrons. The standard InChI is InChI=1S/C10H11NO2/c1-7(2)8(6-11)10(12)9-4-3-5-13-9/h3-5,7-8H,1-2H3. The molecule has 0 aromatic carbocycles. The molecule has 0 saturated carbocycles. The van der Waals surface area contributed by atoms with Crippen LogP contribution in [-0.4, -0.2) is 5.78 Å². The Balaban J connectivity index is 2.85. The van der Waals surface area contributed by atoms with E-state index < -0.39 is 5.92 Å². The zero-order valence-electron chi connectivity index (χ0n) is 7.65. The second kappa shape index (κ2) is 3.90. The first-order valence-corrected chi connectivity index (χ1v) is 4.14. The lowest BCUT2D eigenvalue weighted by Crippen LogP contribution is -2.17. The van der Waals surface area contributed by atoms with Crippen LogP contribution in [0, 0.1) is 23.2 Å². The molecule has 0 saturated heterocycles. The highest BCUT2D eigenvalue weighted by Crippen LogP contribution is 2.16. The van der Waals surface area contributed by atoms with Gasteiger partial charge in [-0.25, -0.2) is 0 Å². The predicted molar refractivity (Wildman–Crippen MR) is 47.0 cm³/mol. The number of hydrogen-bond donors (Lipinski definition) is 0. The summed E-state index contributed by atoms with van der Waals surface area (Å²) in [6.45, 7) is 3.68. The molecule has 0 aliphatic carbocycles. The molecule has 0 N–H and O–H groups in total. The minimum Gasteiger partial charge on any atom is -0.461 e. The van der Waals surface area contributed by atoms with E-state index in [0.29, 0.717) is 0 Å². The molecule has 0 aliphatic rings. The molecule has 1 aromatic rings. The van der Waals surface area contributed by atoms with E-state index in [1.54, 1.807) is 12.1 Å². The van der Waals surface area contributed by atoms with Crippen LogP contribution < -0.4 is 0 Å². The topological polar surface area (TPSA) is 54.0 Å². The van der Waals surface area contributed by atoms with Gasteiger partial charge in [-0.1, -0.05) is 13.8 Å². The van der Waals surface area contributed by atoms with Gasteiger partial charge in [0.1, 0.15) is 5.92 Å². The minimum atomic E-state index is -0.605. The fourth-order valence-corrected chi connectivity index (χ4v) is 1.08. The maximum absolute atomic E-state index is 11.6. The second-order valence-electron chi connectivity index (χ2n) is 3.19. The maximum atomic E-state index is 11.6. The molecule has 1 aromatic heterocycles. The van der Waals surface area contributed by atoms with E-state index in [0.717, 1.165) is 0 Å². The average molecular weight is 177 g/mol. The Morgan fingerprint density at radius 2 is 2.31 bits per heavy atom. The van der Waals surface area contributed by atoms with Gasteiger partial charge in [-0.2, -0.15) is 5.26 Å². The van der Waals surface area contributed by atoms with Gasteiger partial charge in [0.25, 0.3) is 0 Å². The first kappa shape index (κ1) is 9.53. The van der Waals surface area contributed by atoms with Crippen molar-refractivity contribution in [3.8, 4) is 6.07 Å². The van der Waals surface area contributed by atoms with Crippen LogP contribution in [0.15, 0.2) is 22.8 Å². The number of carbonyl (C=O) groups is 1. The van der Waals surface area contributed by atoms with Gasteiger partial charge in [0, 0.05) is 0 Å². The fraction of sp³-hybridized carbons (Fsp3) is 0.400. The number of ketones is 1. The number of Topliss-reactive ketones (excluding diaryl/α,β-unsaturated/α-hetero) is 1. The van der Waals surface area contributed by atoms with Gasteiger partial charge in [0.05, 0.1) is 12.3 Å². The highest BCUT2D eigenvalue weighted by molar-refractivity contribution is 5.97. The van der Waals surface area contributed by atoms with E-state index in [1.165, 1.54) is 6.26 Å². The van der Waals surface area contributed by atoms with Crippen molar-refractivity contribution in [2.45, 2.75) is 13.8 Å². The van der Waals surface area contributed by atoms with Crippen LogP contribution in [0.1, 0.15) is 24.4 Å². The van der Waals surface area contributed by atoms with Crippen molar-refractivity contribution < 1.29 is 9.21 Å². The first-order valence-electron chi connectivity index (χ1n) is 4.14. The fourth-order valence-electron chi connectivity index (χ4n) is 1.08. The van der Waals surface area contributed by atoms with Crippen molar-refractivity contribution in [2.75, 3.05) is 0 Å². The van der Waals surface area contributed by atoms with Crippen molar-refractivity contribution in [3.05, 3.63) is 24.2 Å². The Morgan fingerprint density at radius 1 is 1.62 bits per heavy atom. The van der Waals surface area contributed by atoms with Crippen molar-refractivity contribution in [1.82, 2.24) is 0 Å². The van der Waals surface area contributed by atoms with E-state index in [4.69, 9.17) is 9.68 Å². The van der Waals surface area contributed by atoms with Crippen LogP contribution in [0.3, 0.4) is 0 Å². The quantitative estimate of drug-likeness (QED) is 0.665. The summed E-state index contributed by atoms with van der Waals surface area (Å²) in [7, 11) is 0. The van der Waals surface area contributed by atoms with Crippen LogP contribution in [0.5, 0.6) is 0 Å². The third-order valence-electron chi connectivity index (χ3n) is 1.85. The number of hydrogen-bond acceptors (Lipinski definition) is 3. The molecule has 0 bridgehead atoms. The van der Waals surface area contributed by atoms with Gasteiger partial charge >= 0.3 is 0 Å². The first-order chi connectivity index (χ1) is 6.16. The third kappa shape index (κ3) is 1.97. The van der Waals surface area contributed by atoms with Crippen LogP contribution in [0.2, 0.25) is 0 Å². The summed E-state index contributed by atoms with van der Waals surface area (Å²) in [6.07, 6.45) is 1.43. The van der Waals surface area contributed by atoms with Gasteiger partial charge in [-0.3, -0.25) is 4.79 Å². The van der Waals surface area contributed by atoms with E-state index in [2.05, 4.69) is 0 Å². The second-order valence-corrected chi connectivity index (χ2v) is 3.19. The molecule has 13 heavy (non-hydrogen) atoms. The molecule has 1 rings (SSSR count). The van der Waals surface area contributed by atoms with Gasteiger partial charge < -0.3 is 4.42 Å². The normalized spacial score (nSPS) is 12.5. The number of nitrogens with zero attached hydrogens (tertiary/aromatic N) is 1. The monoisotopic (exact) mass is 177 g/mol. The Morgan fingerprint density at radius 3 is 2.69 bits per heavy atom. The number of nitriles is 1. The number of rotatable bonds is 3. The van der Waals surface area contributed by atoms with Crippen LogP contribution in [0.4, 0.5) is 0 Å². The Labute approximate surface area is 77.0 Å². The summed E-state index contributed by atoms with van der Waals surface area (Å²) < 4.78 is 4.93. The molecular formula is C10H11NO2. The van der Waals surface area contributed by atoms with Crippen molar-refractivity contribution in [1.29, 1.82) is 5.26 Å². The lowest BCUT2D eigenvalue weighted by molar-refractivity contribution is 0.0896. The largest absolute Gasteiger partial charge is 0.461 e. The van der Waals surface area contributed by atoms with Crippen molar-refractivity contribution >= 4 is 5.78 Å². The molecule has 3 heteroatoms. The molecule has 3 nitrogen and oxygen atoms in total. The smallest absolute Gasteiger partial charge is 0.215 e. The maximum Gasteiger partial charge on any atom is 0.215 e. The van der Waals surface area contributed by atoms with Crippen LogP contribution in [-0.2, 0) is 0 Å². The molecule has 0 spiro atoms. The average Bonchev–Trinajstić information content (AvgIpc) is 2.56. The molecule has 1 heterocycles. The van der Waals surface area contributed by atoms with Crippen molar-refractivity contribution in [2.24, 2.45) is 11.8 Å². The summed E-state index contributed by atoms with van der Waals surface area (Å²) in [5.41, 5.74) is 0. The Bertz CT molecular complexity index is 319. The van der Waals surface area contributed by atoms with Gasteiger partial charge in [0.2, 0.25) is 5.78 Å². The Kier molecular flexibility index (Phi) is 2.86. The van der Waals surface area contributed by atoms with Gasteiger partial charge in [0.15, 0.2) is 5.76 Å². The molecule has 0 fully saturated rings. The highest BCUT2D eigenvalue weighted by Gasteiger charge is 2.24. The highest BCUT2D eigenvalue weighted by atomic mass is 16.3. The van der Waals surface area contributed by atoms with Gasteiger partial charge in [-0.15, -0.1) is 0 Å². The van der Waals surface area contributed by atoms with Crippen molar-refractivity contribution in [3.63, 3.8) is 0 Å². The lowest BCUT2D eigenvalue weighted by Gasteiger charge is -2.08. The number of carbonyl (C=O) groups excluding carboxylic acids is 1.